The highest BCUT2D eigenvalue weighted by atomic mass is 35.5. The van der Waals surface area contributed by atoms with Gasteiger partial charge in [-0.25, -0.2) is 0 Å². The van der Waals surface area contributed by atoms with E-state index in [1.54, 1.807) is 0 Å². The van der Waals surface area contributed by atoms with E-state index in [1.807, 2.05) is 43.3 Å². The number of thiophene rings is 1. The van der Waals surface area contributed by atoms with E-state index in [4.69, 9.17) is 27.9 Å². The summed E-state index contributed by atoms with van der Waals surface area (Å²) in [5.41, 5.74) is 1.05. The van der Waals surface area contributed by atoms with Crippen LogP contribution in [0, 0.1) is 0 Å². The molecule has 2 rings (SSSR count). The average molecular weight is 287 g/mol. The third-order valence-corrected chi connectivity index (χ3v) is 4.24. The molecule has 1 unspecified atom stereocenters. The summed E-state index contributed by atoms with van der Waals surface area (Å²) < 4.78 is 6.15. The molecule has 0 bridgehead atoms. The molecule has 1 atom stereocenters. The molecular formula is C13H12Cl2OS. The number of benzene rings is 1. The van der Waals surface area contributed by atoms with Crippen molar-refractivity contribution in [2.75, 3.05) is 6.61 Å². The minimum absolute atomic E-state index is 0.150. The zero-order chi connectivity index (χ0) is 12.3. The Morgan fingerprint density at radius 3 is 2.41 bits per heavy atom. The molecule has 0 fully saturated rings. The predicted molar refractivity (Wildman–Crippen MR) is 74.6 cm³/mol. The molecule has 0 N–H and O–H groups in total. The summed E-state index contributed by atoms with van der Waals surface area (Å²) in [6, 6.07) is 11.7. The van der Waals surface area contributed by atoms with Crippen molar-refractivity contribution in [3.8, 4) is 5.75 Å². The first-order valence-corrected chi connectivity index (χ1v) is 6.96. The fraction of sp³-hybridized carbons (Fsp3) is 0.231. The summed E-state index contributed by atoms with van der Waals surface area (Å²) in [6.45, 7) is 2.64. The van der Waals surface area contributed by atoms with Crippen LogP contribution in [0.25, 0.3) is 0 Å². The Kier molecular flexibility index (Phi) is 4.32. The molecule has 90 valence electrons. The molecule has 0 aliphatic heterocycles. The van der Waals surface area contributed by atoms with Crippen LogP contribution in [0.2, 0.25) is 4.34 Å². The van der Waals surface area contributed by atoms with Crippen LogP contribution in [-0.4, -0.2) is 6.61 Å². The maximum atomic E-state index is 6.39. The molecule has 1 nitrogen and oxygen atoms in total. The highest BCUT2D eigenvalue weighted by Crippen LogP contribution is 2.35. The normalized spacial score (nSPS) is 12.4. The molecule has 0 amide bonds. The maximum absolute atomic E-state index is 6.39. The highest BCUT2D eigenvalue weighted by Gasteiger charge is 2.12. The SMILES string of the molecule is CCOc1ccc(C(Cl)c2ccc(Cl)s2)cc1. The molecule has 0 saturated carbocycles. The van der Waals surface area contributed by atoms with Gasteiger partial charge >= 0.3 is 0 Å². The fourth-order valence-corrected chi connectivity index (χ4v) is 2.95. The van der Waals surface area contributed by atoms with E-state index in [0.29, 0.717) is 6.61 Å². The van der Waals surface area contributed by atoms with Gasteiger partial charge in [-0.15, -0.1) is 22.9 Å². The van der Waals surface area contributed by atoms with E-state index in [0.717, 1.165) is 20.5 Å². The Balaban J connectivity index is 2.16. The Morgan fingerprint density at radius 2 is 1.88 bits per heavy atom. The minimum Gasteiger partial charge on any atom is -0.494 e. The van der Waals surface area contributed by atoms with Crippen LogP contribution in [0.15, 0.2) is 36.4 Å². The Morgan fingerprint density at radius 1 is 1.18 bits per heavy atom. The van der Waals surface area contributed by atoms with Crippen molar-refractivity contribution in [2.24, 2.45) is 0 Å². The van der Waals surface area contributed by atoms with Gasteiger partial charge in [0.1, 0.15) is 5.75 Å². The van der Waals surface area contributed by atoms with Crippen molar-refractivity contribution >= 4 is 34.5 Å². The van der Waals surface area contributed by atoms with E-state index in [2.05, 4.69) is 0 Å². The van der Waals surface area contributed by atoms with Gasteiger partial charge in [0.05, 0.1) is 16.3 Å². The number of hydrogen-bond donors (Lipinski definition) is 0. The van der Waals surface area contributed by atoms with Crippen molar-refractivity contribution in [3.63, 3.8) is 0 Å². The van der Waals surface area contributed by atoms with Crippen LogP contribution in [0.4, 0.5) is 0 Å². The van der Waals surface area contributed by atoms with Crippen LogP contribution >= 0.6 is 34.5 Å². The third-order valence-electron chi connectivity index (χ3n) is 2.33. The molecule has 4 heteroatoms. The van der Waals surface area contributed by atoms with E-state index in [-0.39, 0.29) is 5.38 Å². The van der Waals surface area contributed by atoms with Gasteiger partial charge in [-0.3, -0.25) is 0 Å². The fourth-order valence-electron chi connectivity index (χ4n) is 1.53. The van der Waals surface area contributed by atoms with Gasteiger partial charge in [0, 0.05) is 4.88 Å². The number of halogens is 2. The maximum Gasteiger partial charge on any atom is 0.119 e. The molecule has 0 spiro atoms. The number of hydrogen-bond acceptors (Lipinski definition) is 2. The lowest BCUT2D eigenvalue weighted by Crippen LogP contribution is -1.93. The number of ether oxygens (including phenoxy) is 1. The standard InChI is InChI=1S/C13H12Cl2OS/c1-2-16-10-5-3-9(4-6-10)13(15)11-7-8-12(14)17-11/h3-8,13H,2H2,1H3. The van der Waals surface area contributed by atoms with Crippen LogP contribution in [-0.2, 0) is 0 Å². The third kappa shape index (κ3) is 3.15. The summed E-state index contributed by atoms with van der Waals surface area (Å²) in [6.07, 6.45) is 0. The first-order valence-electron chi connectivity index (χ1n) is 5.32. The van der Waals surface area contributed by atoms with Crippen molar-refractivity contribution < 1.29 is 4.74 Å². The second kappa shape index (κ2) is 5.76. The molecule has 1 aromatic carbocycles. The Hall–Kier alpha value is -0.700. The van der Waals surface area contributed by atoms with Crippen LogP contribution in [0.3, 0.4) is 0 Å². The number of rotatable bonds is 4. The molecule has 17 heavy (non-hydrogen) atoms. The first kappa shape index (κ1) is 12.7. The molecule has 0 radical (unpaired) electrons. The lowest BCUT2D eigenvalue weighted by molar-refractivity contribution is 0.340. The smallest absolute Gasteiger partial charge is 0.119 e. The zero-order valence-corrected chi connectivity index (χ0v) is 11.6. The van der Waals surface area contributed by atoms with Gasteiger partial charge in [0.25, 0.3) is 0 Å². The highest BCUT2D eigenvalue weighted by molar-refractivity contribution is 7.16. The summed E-state index contributed by atoms with van der Waals surface area (Å²) in [4.78, 5) is 1.06. The van der Waals surface area contributed by atoms with Gasteiger partial charge in [-0.05, 0) is 36.8 Å². The van der Waals surface area contributed by atoms with Crippen molar-refractivity contribution in [2.45, 2.75) is 12.3 Å². The van der Waals surface area contributed by atoms with Crippen molar-refractivity contribution in [1.29, 1.82) is 0 Å². The summed E-state index contributed by atoms with van der Waals surface area (Å²) >= 11 is 13.8. The van der Waals surface area contributed by atoms with Crippen LogP contribution in [0.1, 0.15) is 22.7 Å². The van der Waals surface area contributed by atoms with E-state index >= 15 is 0 Å². The second-order valence-electron chi connectivity index (χ2n) is 3.51. The molecule has 2 aromatic rings. The van der Waals surface area contributed by atoms with Gasteiger partial charge in [0.2, 0.25) is 0 Å². The molecule has 1 aromatic heterocycles. The Labute approximate surface area is 115 Å². The quantitative estimate of drug-likeness (QED) is 0.708. The van der Waals surface area contributed by atoms with E-state index in [1.165, 1.54) is 11.3 Å². The second-order valence-corrected chi connectivity index (χ2v) is 5.69. The lowest BCUT2D eigenvalue weighted by Gasteiger charge is -2.09. The molecule has 0 aliphatic rings. The Bertz CT molecular complexity index is 478. The largest absolute Gasteiger partial charge is 0.494 e. The van der Waals surface area contributed by atoms with Gasteiger partial charge in [-0.2, -0.15) is 0 Å². The molecule has 0 saturated heterocycles. The summed E-state index contributed by atoms with van der Waals surface area (Å²) in [5.74, 6) is 0.865. The molecule has 1 heterocycles. The van der Waals surface area contributed by atoms with Gasteiger partial charge in [0.15, 0.2) is 0 Å². The van der Waals surface area contributed by atoms with E-state index in [9.17, 15) is 0 Å². The first-order chi connectivity index (χ1) is 8.20. The van der Waals surface area contributed by atoms with Crippen molar-refractivity contribution in [3.05, 3.63) is 51.2 Å². The van der Waals surface area contributed by atoms with Crippen molar-refractivity contribution in [1.82, 2.24) is 0 Å². The summed E-state index contributed by atoms with van der Waals surface area (Å²) in [5, 5.41) is -0.150. The number of alkyl halides is 1. The van der Waals surface area contributed by atoms with Gasteiger partial charge in [-0.1, -0.05) is 23.7 Å². The van der Waals surface area contributed by atoms with Gasteiger partial charge < -0.3 is 4.74 Å². The molecular weight excluding hydrogens is 275 g/mol. The van der Waals surface area contributed by atoms with E-state index < -0.39 is 0 Å². The lowest BCUT2D eigenvalue weighted by atomic mass is 10.1. The van der Waals surface area contributed by atoms with Crippen LogP contribution < -0.4 is 4.74 Å². The minimum atomic E-state index is -0.150. The predicted octanol–water partition coefficient (Wildman–Crippen LogP) is 5.13. The topological polar surface area (TPSA) is 9.23 Å². The summed E-state index contributed by atoms with van der Waals surface area (Å²) in [7, 11) is 0. The zero-order valence-electron chi connectivity index (χ0n) is 9.32. The average Bonchev–Trinajstić information content (AvgIpc) is 2.76. The molecule has 0 aliphatic carbocycles. The monoisotopic (exact) mass is 286 g/mol. The van der Waals surface area contributed by atoms with Crippen LogP contribution in [0.5, 0.6) is 5.75 Å².